The predicted octanol–water partition coefficient (Wildman–Crippen LogP) is 3.89. The molecule has 1 atom stereocenters. The third-order valence-corrected chi connectivity index (χ3v) is 3.31. The van der Waals surface area contributed by atoms with Crippen molar-refractivity contribution in [1.82, 2.24) is 0 Å². The highest BCUT2D eigenvalue weighted by molar-refractivity contribution is 7.78. The van der Waals surface area contributed by atoms with E-state index in [1.165, 1.54) is 0 Å². The predicted molar refractivity (Wildman–Crippen MR) is 93.3 cm³/mol. The van der Waals surface area contributed by atoms with E-state index in [-0.39, 0.29) is 12.2 Å². The summed E-state index contributed by atoms with van der Waals surface area (Å²) in [6.45, 7) is 1.68. The quantitative estimate of drug-likeness (QED) is 0.470. The maximum atomic E-state index is 12.4. The molecule has 0 bridgehead atoms. The Morgan fingerprint density at radius 1 is 1.12 bits per heavy atom. The highest BCUT2D eigenvalue weighted by atomic mass is 32.1. The smallest absolute Gasteiger partial charge is 0.307 e. The van der Waals surface area contributed by atoms with Crippen LogP contribution in [0.15, 0.2) is 53.5 Å². The summed E-state index contributed by atoms with van der Waals surface area (Å²) in [5, 5.41) is 11.0. The number of carbonyl (C=O) groups is 2. The number of carbonyl (C=O) groups excluding carboxylic acids is 1. The Kier molecular flexibility index (Phi) is 5.95. The van der Waals surface area contributed by atoms with Gasteiger partial charge in [-0.05, 0) is 67.7 Å². The molecule has 0 amide bonds. The number of carboxylic acids is 1. The molecule has 1 unspecified atom stereocenters. The Balaban J connectivity index is 2.07. The average molecular weight is 341 g/mol. The van der Waals surface area contributed by atoms with Gasteiger partial charge >= 0.3 is 5.97 Å². The van der Waals surface area contributed by atoms with Gasteiger partial charge in [0.15, 0.2) is 5.78 Å². The van der Waals surface area contributed by atoms with Crippen LogP contribution in [-0.4, -0.2) is 28.1 Å². The lowest BCUT2D eigenvalue weighted by Gasteiger charge is -2.12. The van der Waals surface area contributed by atoms with Crippen LogP contribution in [0.4, 0.5) is 5.69 Å². The van der Waals surface area contributed by atoms with Crippen LogP contribution in [0, 0.1) is 0 Å². The number of aliphatic carboxylic acids is 1. The first-order chi connectivity index (χ1) is 11.5. The molecule has 0 heterocycles. The number of thiocarbonyl (C=S) groups is 1. The molecule has 6 heteroatoms. The van der Waals surface area contributed by atoms with Crippen molar-refractivity contribution in [3.8, 4) is 5.75 Å². The van der Waals surface area contributed by atoms with Gasteiger partial charge < -0.3 is 9.84 Å². The minimum Gasteiger partial charge on any atom is -0.490 e. The Hall–Kier alpha value is -2.82. The van der Waals surface area contributed by atoms with Crippen LogP contribution in [-0.2, 0) is 4.79 Å². The summed E-state index contributed by atoms with van der Waals surface area (Å²) in [6, 6.07) is 13.3. The standard InChI is InChI=1S/C18H15NO4S/c1-12(10-17(20)21)23-16-8-4-14(5-9-16)18(22)13-2-6-15(7-3-13)19-11-24/h2-9,12H,10H2,1H3,(H,20,21). The van der Waals surface area contributed by atoms with Crippen molar-refractivity contribution < 1.29 is 19.4 Å². The number of nitrogens with zero attached hydrogens (tertiary/aromatic N) is 1. The van der Waals surface area contributed by atoms with E-state index in [9.17, 15) is 9.59 Å². The molecule has 122 valence electrons. The SMILES string of the molecule is CC(CC(=O)O)Oc1ccc(C(=O)c2ccc(N=C=S)cc2)cc1. The van der Waals surface area contributed by atoms with E-state index in [1.807, 2.05) is 0 Å². The van der Waals surface area contributed by atoms with Gasteiger partial charge in [-0.15, -0.1) is 0 Å². The molecule has 24 heavy (non-hydrogen) atoms. The van der Waals surface area contributed by atoms with E-state index < -0.39 is 12.1 Å². The first kappa shape index (κ1) is 17.5. The minimum absolute atomic E-state index is 0.0861. The van der Waals surface area contributed by atoms with E-state index in [0.29, 0.717) is 22.6 Å². The van der Waals surface area contributed by atoms with Crippen LogP contribution < -0.4 is 4.74 Å². The average Bonchev–Trinajstić information content (AvgIpc) is 2.55. The van der Waals surface area contributed by atoms with Gasteiger partial charge in [0.05, 0.1) is 17.3 Å². The molecule has 2 aromatic carbocycles. The summed E-state index contributed by atoms with van der Waals surface area (Å²) in [5.74, 6) is -0.528. The molecule has 0 aromatic heterocycles. The molecule has 0 aliphatic rings. The fourth-order valence-corrected chi connectivity index (χ4v) is 2.22. The first-order valence-electron chi connectivity index (χ1n) is 7.20. The highest BCUT2D eigenvalue weighted by Gasteiger charge is 2.11. The fraction of sp³-hybridized carbons (Fsp3) is 0.167. The maximum Gasteiger partial charge on any atom is 0.307 e. The largest absolute Gasteiger partial charge is 0.490 e. The summed E-state index contributed by atoms with van der Waals surface area (Å²) in [6.07, 6.45) is -0.532. The fourth-order valence-electron chi connectivity index (χ4n) is 2.11. The van der Waals surface area contributed by atoms with Gasteiger partial charge in [-0.3, -0.25) is 9.59 Å². The Morgan fingerprint density at radius 2 is 1.67 bits per heavy atom. The molecule has 5 nitrogen and oxygen atoms in total. The number of benzene rings is 2. The van der Waals surface area contributed by atoms with Crippen LogP contribution in [0.5, 0.6) is 5.75 Å². The number of hydrogen-bond acceptors (Lipinski definition) is 5. The van der Waals surface area contributed by atoms with Crippen LogP contribution in [0.3, 0.4) is 0 Å². The van der Waals surface area contributed by atoms with E-state index in [0.717, 1.165) is 0 Å². The Morgan fingerprint density at radius 3 is 2.17 bits per heavy atom. The molecule has 2 rings (SSSR count). The van der Waals surface area contributed by atoms with Gasteiger partial charge in [-0.2, -0.15) is 4.99 Å². The van der Waals surface area contributed by atoms with Gasteiger partial charge in [-0.25, -0.2) is 0 Å². The lowest BCUT2D eigenvalue weighted by Crippen LogP contribution is -2.16. The summed E-state index contributed by atoms with van der Waals surface area (Å²) in [5.41, 5.74) is 1.68. The highest BCUT2D eigenvalue weighted by Crippen LogP contribution is 2.19. The number of ether oxygens (including phenoxy) is 1. The van der Waals surface area contributed by atoms with Crippen molar-refractivity contribution in [1.29, 1.82) is 0 Å². The normalized spacial score (nSPS) is 11.2. The number of isothiocyanates is 1. The maximum absolute atomic E-state index is 12.4. The first-order valence-corrected chi connectivity index (χ1v) is 7.61. The van der Waals surface area contributed by atoms with Crippen molar-refractivity contribution in [2.24, 2.45) is 4.99 Å². The van der Waals surface area contributed by atoms with Crippen molar-refractivity contribution in [2.75, 3.05) is 0 Å². The van der Waals surface area contributed by atoms with E-state index in [4.69, 9.17) is 9.84 Å². The molecule has 0 saturated carbocycles. The van der Waals surface area contributed by atoms with Crippen LogP contribution in [0.2, 0.25) is 0 Å². The van der Waals surface area contributed by atoms with Crippen LogP contribution in [0.1, 0.15) is 29.3 Å². The van der Waals surface area contributed by atoms with E-state index in [2.05, 4.69) is 22.4 Å². The summed E-state index contributed by atoms with van der Waals surface area (Å²) in [7, 11) is 0. The third-order valence-electron chi connectivity index (χ3n) is 3.22. The summed E-state index contributed by atoms with van der Waals surface area (Å²) < 4.78 is 5.49. The number of rotatable bonds is 7. The molecule has 2 aromatic rings. The summed E-state index contributed by atoms with van der Waals surface area (Å²) >= 11 is 4.53. The molecular formula is C18H15NO4S. The topological polar surface area (TPSA) is 76.0 Å². The molecule has 0 radical (unpaired) electrons. The number of aliphatic imine (C=N–C) groups is 1. The number of hydrogen-bond donors (Lipinski definition) is 1. The van der Waals surface area contributed by atoms with Gasteiger partial charge in [0.1, 0.15) is 11.9 Å². The van der Waals surface area contributed by atoms with E-state index in [1.54, 1.807) is 55.5 Å². The molecule has 1 N–H and O–H groups in total. The molecule has 0 spiro atoms. The van der Waals surface area contributed by atoms with Crippen LogP contribution >= 0.6 is 12.2 Å². The van der Waals surface area contributed by atoms with Gasteiger partial charge in [0.25, 0.3) is 0 Å². The van der Waals surface area contributed by atoms with Crippen molar-refractivity contribution in [3.63, 3.8) is 0 Å². The van der Waals surface area contributed by atoms with Gasteiger partial charge in [0.2, 0.25) is 0 Å². The molecular weight excluding hydrogens is 326 g/mol. The second-order valence-electron chi connectivity index (χ2n) is 5.13. The zero-order chi connectivity index (χ0) is 17.5. The Labute approximate surface area is 144 Å². The van der Waals surface area contributed by atoms with Gasteiger partial charge in [0, 0.05) is 11.1 Å². The Bertz CT molecular complexity index is 778. The second-order valence-corrected chi connectivity index (χ2v) is 5.31. The minimum atomic E-state index is -0.921. The zero-order valence-corrected chi connectivity index (χ0v) is 13.7. The number of ketones is 1. The van der Waals surface area contributed by atoms with Crippen molar-refractivity contribution >= 4 is 34.8 Å². The third kappa shape index (κ3) is 4.84. The summed E-state index contributed by atoms with van der Waals surface area (Å²) in [4.78, 5) is 26.9. The van der Waals surface area contributed by atoms with Crippen LogP contribution in [0.25, 0.3) is 0 Å². The molecule has 0 fully saturated rings. The van der Waals surface area contributed by atoms with Gasteiger partial charge in [-0.1, -0.05) is 0 Å². The lowest BCUT2D eigenvalue weighted by molar-refractivity contribution is -0.138. The molecule has 0 aliphatic carbocycles. The zero-order valence-electron chi connectivity index (χ0n) is 12.9. The second kappa shape index (κ2) is 8.15. The lowest BCUT2D eigenvalue weighted by atomic mass is 10.0. The molecule has 0 saturated heterocycles. The van der Waals surface area contributed by atoms with Crippen molar-refractivity contribution in [2.45, 2.75) is 19.4 Å². The number of carboxylic acid groups (broad SMARTS) is 1. The molecule has 0 aliphatic heterocycles. The van der Waals surface area contributed by atoms with Crippen molar-refractivity contribution in [3.05, 3.63) is 59.7 Å². The monoisotopic (exact) mass is 341 g/mol. The van der Waals surface area contributed by atoms with E-state index >= 15 is 0 Å².